The normalized spacial score (nSPS) is 10.6. The number of fused-ring (bicyclic) bond motifs is 2. The summed E-state index contributed by atoms with van der Waals surface area (Å²) in [7, 11) is 0. The fraction of sp³-hybridized carbons (Fsp3) is 0. The Hall–Kier alpha value is -3.49. The number of hydrogen-bond donors (Lipinski definition) is 2. The summed E-state index contributed by atoms with van der Waals surface area (Å²) in [6.07, 6.45) is 0. The maximum atomic E-state index is 9.36. The smallest absolute Gasteiger partial charge is 0.198 e. The predicted molar refractivity (Wildman–Crippen MR) is 105 cm³/mol. The van der Waals surface area contributed by atoms with Crippen molar-refractivity contribution in [3.8, 4) is 11.8 Å². The Morgan fingerprint density at radius 1 is 1.00 bits per heavy atom. The fourth-order valence-corrected chi connectivity index (χ4v) is 3.12. The van der Waals surface area contributed by atoms with Crippen LogP contribution in [0.3, 0.4) is 0 Å². The molecule has 0 radical (unpaired) electrons. The van der Waals surface area contributed by atoms with Crippen molar-refractivity contribution in [3.63, 3.8) is 0 Å². The van der Waals surface area contributed by atoms with Crippen LogP contribution in [0, 0.1) is 11.3 Å². The molecular formula is C20H14ClN5. The van der Waals surface area contributed by atoms with Crippen molar-refractivity contribution in [2.45, 2.75) is 0 Å². The Balaban J connectivity index is 2.26. The zero-order valence-electron chi connectivity index (χ0n) is 13.6. The molecule has 4 aromatic rings. The van der Waals surface area contributed by atoms with E-state index in [0.717, 1.165) is 27.8 Å². The van der Waals surface area contributed by atoms with Gasteiger partial charge >= 0.3 is 0 Å². The molecule has 0 saturated heterocycles. The summed E-state index contributed by atoms with van der Waals surface area (Å²) in [5, 5.41) is 9.78. The molecule has 3 N–H and O–H groups in total. The number of rotatable bonds is 1. The molecule has 0 aliphatic heterocycles. The van der Waals surface area contributed by atoms with E-state index in [-0.39, 0.29) is 0 Å². The summed E-state index contributed by atoms with van der Waals surface area (Å²) >= 11 is 6.12. The van der Waals surface area contributed by atoms with Crippen molar-refractivity contribution in [2.24, 2.45) is 0 Å². The predicted octanol–water partition coefficient (Wildman–Crippen LogP) is 4.74. The molecule has 1 aromatic heterocycles. The highest BCUT2D eigenvalue weighted by molar-refractivity contribution is 6.31. The van der Waals surface area contributed by atoms with Gasteiger partial charge in [-0.3, -0.25) is 0 Å². The van der Waals surface area contributed by atoms with Crippen LogP contribution in [0.2, 0.25) is 5.02 Å². The lowest BCUT2D eigenvalue weighted by atomic mass is 10.2. The van der Waals surface area contributed by atoms with Gasteiger partial charge in [-0.05, 0) is 42.5 Å². The molecule has 0 bridgehead atoms. The van der Waals surface area contributed by atoms with Gasteiger partial charge in [-0.25, -0.2) is 4.98 Å². The number of nitriles is 1. The van der Waals surface area contributed by atoms with Gasteiger partial charge < -0.3 is 15.3 Å². The topological polar surface area (TPSA) is 83.4 Å². The van der Waals surface area contributed by atoms with Gasteiger partial charge in [0.25, 0.3) is 0 Å². The summed E-state index contributed by atoms with van der Waals surface area (Å²) < 4.78 is 2.03. The number of nitrogens with one attached hydrogen (secondary N) is 1. The number of nitrogens with zero attached hydrogens (tertiary/aromatic N) is 3. The van der Waals surface area contributed by atoms with Gasteiger partial charge in [-0.15, -0.1) is 0 Å². The number of para-hydroxylation sites is 4. The average Bonchev–Trinajstić information content (AvgIpc) is 2.64. The van der Waals surface area contributed by atoms with Gasteiger partial charge in [0.1, 0.15) is 6.07 Å². The fourth-order valence-electron chi connectivity index (χ4n) is 2.96. The number of aromatic amines is 1. The second-order valence-corrected chi connectivity index (χ2v) is 6.15. The van der Waals surface area contributed by atoms with Gasteiger partial charge in [0.2, 0.25) is 0 Å². The molecule has 0 unspecified atom stereocenters. The summed E-state index contributed by atoms with van der Waals surface area (Å²) in [4.78, 5) is 7.62. The molecule has 5 nitrogen and oxygen atoms in total. The van der Waals surface area contributed by atoms with E-state index in [2.05, 4.69) is 16.0 Å². The number of nitrogens with two attached hydrogens (primary N) is 1. The quantitative estimate of drug-likeness (QED) is 0.515. The Morgan fingerprint density at radius 3 is 2.54 bits per heavy atom. The lowest BCUT2D eigenvalue weighted by molar-refractivity contribution is 1.14. The summed E-state index contributed by atoms with van der Waals surface area (Å²) in [6.45, 7) is 0. The van der Waals surface area contributed by atoms with Crippen LogP contribution in [0.1, 0.15) is 5.56 Å². The Morgan fingerprint density at radius 2 is 1.73 bits per heavy atom. The van der Waals surface area contributed by atoms with E-state index in [4.69, 9.17) is 17.3 Å². The molecule has 126 valence electrons. The van der Waals surface area contributed by atoms with Crippen LogP contribution >= 0.6 is 11.6 Å². The SMILES string of the molecule is N#Cc1cc(-n2c3ccccc3nc(N)[nH]c3ccccc32)ccc1Cl. The first-order valence-electron chi connectivity index (χ1n) is 7.96. The first-order chi connectivity index (χ1) is 12.7. The first kappa shape index (κ1) is 16.0. The third-order valence-electron chi connectivity index (χ3n) is 4.10. The minimum atomic E-state index is 0.318. The third kappa shape index (κ3) is 2.73. The molecule has 0 aliphatic rings. The zero-order valence-corrected chi connectivity index (χ0v) is 14.4. The van der Waals surface area contributed by atoms with E-state index in [1.54, 1.807) is 12.1 Å². The molecule has 0 amide bonds. The van der Waals surface area contributed by atoms with Crippen molar-refractivity contribution < 1.29 is 0 Å². The minimum Gasteiger partial charge on any atom is -0.369 e. The van der Waals surface area contributed by atoms with E-state index in [9.17, 15) is 5.26 Å². The molecular weight excluding hydrogens is 346 g/mol. The Labute approximate surface area is 154 Å². The first-order valence-corrected chi connectivity index (χ1v) is 8.34. The van der Waals surface area contributed by atoms with Crippen molar-refractivity contribution >= 4 is 39.6 Å². The molecule has 1 heterocycles. The van der Waals surface area contributed by atoms with Crippen LogP contribution < -0.4 is 5.73 Å². The number of halogens is 1. The van der Waals surface area contributed by atoms with E-state index in [0.29, 0.717) is 16.5 Å². The maximum absolute atomic E-state index is 9.36. The molecule has 4 rings (SSSR count). The summed E-state index contributed by atoms with van der Waals surface area (Å²) in [5.41, 5.74) is 10.6. The third-order valence-corrected chi connectivity index (χ3v) is 4.43. The second kappa shape index (κ2) is 6.43. The number of H-pyrrole nitrogens is 1. The monoisotopic (exact) mass is 359 g/mol. The second-order valence-electron chi connectivity index (χ2n) is 5.74. The van der Waals surface area contributed by atoms with Gasteiger partial charge in [-0.1, -0.05) is 35.9 Å². The van der Waals surface area contributed by atoms with Crippen molar-refractivity contribution in [1.82, 2.24) is 14.5 Å². The van der Waals surface area contributed by atoms with E-state index in [1.807, 2.05) is 59.2 Å². The highest BCUT2D eigenvalue weighted by Gasteiger charge is 2.08. The largest absolute Gasteiger partial charge is 0.369 e. The van der Waals surface area contributed by atoms with E-state index >= 15 is 0 Å². The van der Waals surface area contributed by atoms with Crippen LogP contribution in [0.5, 0.6) is 0 Å². The number of aromatic nitrogens is 3. The highest BCUT2D eigenvalue weighted by atomic mass is 35.5. The highest BCUT2D eigenvalue weighted by Crippen LogP contribution is 2.25. The van der Waals surface area contributed by atoms with Crippen LogP contribution in [0.15, 0.2) is 66.7 Å². The van der Waals surface area contributed by atoms with Crippen molar-refractivity contribution in [1.29, 1.82) is 5.26 Å². The average molecular weight is 360 g/mol. The molecule has 3 aromatic carbocycles. The molecule has 0 spiro atoms. The Kier molecular flexibility index (Phi) is 3.96. The standard InChI is InChI=1S/C20H14ClN5/c21-15-10-9-14(11-13(15)12-22)26-18-7-3-1-5-16(18)24-20(23)25-17-6-2-4-8-19(17)26/h1-11H,(H3,23,24,25). The number of hydrogen-bond acceptors (Lipinski definition) is 3. The van der Waals surface area contributed by atoms with Gasteiger partial charge in [0.15, 0.2) is 5.95 Å². The van der Waals surface area contributed by atoms with Crippen LogP contribution in [-0.4, -0.2) is 14.5 Å². The minimum absolute atomic E-state index is 0.318. The Bertz CT molecular complexity index is 1170. The van der Waals surface area contributed by atoms with Crippen molar-refractivity contribution in [3.05, 3.63) is 77.3 Å². The maximum Gasteiger partial charge on any atom is 0.198 e. The molecule has 26 heavy (non-hydrogen) atoms. The van der Waals surface area contributed by atoms with Gasteiger partial charge in [0.05, 0.1) is 32.7 Å². The molecule has 0 aliphatic carbocycles. The summed E-state index contributed by atoms with van der Waals surface area (Å²) in [6, 6.07) is 23.0. The number of anilines is 1. The summed E-state index contributed by atoms with van der Waals surface area (Å²) in [5.74, 6) is 0.318. The van der Waals surface area contributed by atoms with Crippen LogP contribution in [0.4, 0.5) is 5.95 Å². The van der Waals surface area contributed by atoms with Gasteiger partial charge in [-0.2, -0.15) is 5.26 Å². The van der Waals surface area contributed by atoms with Crippen LogP contribution in [0.25, 0.3) is 27.8 Å². The molecule has 0 atom stereocenters. The van der Waals surface area contributed by atoms with Crippen LogP contribution in [-0.2, 0) is 0 Å². The van der Waals surface area contributed by atoms with Crippen molar-refractivity contribution in [2.75, 3.05) is 5.73 Å². The molecule has 6 heteroatoms. The zero-order chi connectivity index (χ0) is 18.1. The number of nitrogen functional groups attached to an aromatic ring is 1. The molecule has 0 saturated carbocycles. The van der Waals surface area contributed by atoms with E-state index < -0.39 is 0 Å². The lowest BCUT2D eigenvalue weighted by Crippen LogP contribution is -2.02. The lowest BCUT2D eigenvalue weighted by Gasteiger charge is -2.14. The number of benzene rings is 3. The van der Waals surface area contributed by atoms with Gasteiger partial charge in [0, 0.05) is 5.69 Å². The molecule has 0 fully saturated rings. The van der Waals surface area contributed by atoms with E-state index in [1.165, 1.54) is 0 Å².